The van der Waals surface area contributed by atoms with Gasteiger partial charge in [-0.1, -0.05) is 34.4 Å². The molecule has 2 aromatic rings. The number of nitrogens with zero attached hydrogens (tertiary/aromatic N) is 2. The molecule has 0 spiro atoms. The third-order valence-corrected chi connectivity index (χ3v) is 4.88. The van der Waals surface area contributed by atoms with Crippen LogP contribution in [0.5, 0.6) is 0 Å². The predicted molar refractivity (Wildman–Crippen MR) is 88.4 cm³/mol. The Morgan fingerprint density at radius 1 is 1.29 bits per heavy atom. The second-order valence-electron chi connectivity index (χ2n) is 5.41. The Morgan fingerprint density at radius 2 is 1.95 bits per heavy atom. The number of aryl methyl sites for hydroxylation is 2. The predicted octanol–water partition coefficient (Wildman–Crippen LogP) is 4.05. The van der Waals surface area contributed by atoms with Crippen molar-refractivity contribution in [1.29, 1.82) is 0 Å². The van der Waals surface area contributed by atoms with Gasteiger partial charge in [-0.2, -0.15) is 4.98 Å². The lowest BCUT2D eigenvalue weighted by Gasteiger charge is -2.11. The summed E-state index contributed by atoms with van der Waals surface area (Å²) in [5.74, 6) is 1.35. The van der Waals surface area contributed by atoms with E-state index in [9.17, 15) is 0 Å². The SMILES string of the molecule is CCCC(Cc1nc(-c2cc(C)c(Br)c(C)c2)no1)NC. The summed E-state index contributed by atoms with van der Waals surface area (Å²) in [4.78, 5) is 4.53. The standard InChI is InChI=1S/C16H22BrN3O/c1-5-6-13(18-4)9-14-19-16(20-21-14)12-7-10(2)15(17)11(3)8-12/h7-8,13,18H,5-6,9H2,1-4H3. The minimum absolute atomic E-state index is 0.386. The summed E-state index contributed by atoms with van der Waals surface area (Å²) in [7, 11) is 1.97. The Balaban J connectivity index is 2.20. The fourth-order valence-electron chi connectivity index (χ4n) is 2.44. The summed E-state index contributed by atoms with van der Waals surface area (Å²) in [5, 5.41) is 7.41. The van der Waals surface area contributed by atoms with Crippen molar-refractivity contribution in [3.05, 3.63) is 33.6 Å². The Morgan fingerprint density at radius 3 is 2.52 bits per heavy atom. The number of hydrogen-bond donors (Lipinski definition) is 1. The van der Waals surface area contributed by atoms with Gasteiger partial charge in [0.05, 0.1) is 0 Å². The maximum absolute atomic E-state index is 5.39. The zero-order chi connectivity index (χ0) is 15.4. The summed E-state index contributed by atoms with van der Waals surface area (Å²) >= 11 is 3.58. The van der Waals surface area contributed by atoms with Crippen LogP contribution in [-0.2, 0) is 6.42 Å². The van der Waals surface area contributed by atoms with Gasteiger partial charge in [0.25, 0.3) is 0 Å². The van der Waals surface area contributed by atoms with Gasteiger partial charge < -0.3 is 9.84 Å². The number of hydrogen-bond acceptors (Lipinski definition) is 4. The summed E-state index contributed by atoms with van der Waals surface area (Å²) in [6.07, 6.45) is 3.01. The summed E-state index contributed by atoms with van der Waals surface area (Å²) < 4.78 is 6.53. The van der Waals surface area contributed by atoms with Crippen LogP contribution in [-0.4, -0.2) is 23.2 Å². The van der Waals surface area contributed by atoms with Crippen LogP contribution in [0.4, 0.5) is 0 Å². The molecule has 114 valence electrons. The molecular weight excluding hydrogens is 330 g/mol. The smallest absolute Gasteiger partial charge is 0.228 e. The molecule has 0 radical (unpaired) electrons. The van der Waals surface area contributed by atoms with Crippen molar-refractivity contribution in [2.45, 2.75) is 46.1 Å². The largest absolute Gasteiger partial charge is 0.339 e. The quantitative estimate of drug-likeness (QED) is 0.852. The molecule has 0 saturated carbocycles. The fourth-order valence-corrected chi connectivity index (χ4v) is 2.67. The lowest BCUT2D eigenvalue weighted by Crippen LogP contribution is -2.27. The highest BCUT2D eigenvalue weighted by Gasteiger charge is 2.14. The average Bonchev–Trinajstić information content (AvgIpc) is 2.92. The van der Waals surface area contributed by atoms with Crippen molar-refractivity contribution in [1.82, 2.24) is 15.5 Å². The minimum atomic E-state index is 0.386. The molecule has 5 heteroatoms. The van der Waals surface area contributed by atoms with Gasteiger partial charge in [0.2, 0.25) is 11.7 Å². The van der Waals surface area contributed by atoms with Crippen LogP contribution >= 0.6 is 15.9 Å². The summed E-state index contributed by atoms with van der Waals surface area (Å²) in [6, 6.07) is 4.54. The summed E-state index contributed by atoms with van der Waals surface area (Å²) in [5.41, 5.74) is 3.35. The normalized spacial score (nSPS) is 12.6. The highest BCUT2D eigenvalue weighted by atomic mass is 79.9. The van der Waals surface area contributed by atoms with Gasteiger partial charge in [0, 0.05) is 22.5 Å². The molecule has 4 nitrogen and oxygen atoms in total. The third-order valence-electron chi connectivity index (χ3n) is 3.63. The van der Waals surface area contributed by atoms with Crippen molar-refractivity contribution in [3.63, 3.8) is 0 Å². The molecule has 1 aromatic heterocycles. The monoisotopic (exact) mass is 351 g/mol. The molecule has 0 fully saturated rings. The molecule has 21 heavy (non-hydrogen) atoms. The molecule has 1 N–H and O–H groups in total. The van der Waals surface area contributed by atoms with E-state index in [0.717, 1.165) is 29.3 Å². The molecule has 0 amide bonds. The van der Waals surface area contributed by atoms with E-state index < -0.39 is 0 Å². The first-order chi connectivity index (χ1) is 10.0. The maximum atomic E-state index is 5.39. The maximum Gasteiger partial charge on any atom is 0.228 e. The molecule has 0 aliphatic heterocycles. The number of halogens is 1. The summed E-state index contributed by atoms with van der Waals surface area (Å²) in [6.45, 7) is 6.32. The first-order valence-electron chi connectivity index (χ1n) is 7.32. The molecular formula is C16H22BrN3O. The van der Waals surface area contributed by atoms with Crippen molar-refractivity contribution >= 4 is 15.9 Å². The zero-order valence-electron chi connectivity index (χ0n) is 13.0. The fraction of sp³-hybridized carbons (Fsp3) is 0.500. The van der Waals surface area contributed by atoms with Crippen LogP contribution in [0.15, 0.2) is 21.1 Å². The van der Waals surface area contributed by atoms with Crippen LogP contribution in [0.1, 0.15) is 36.8 Å². The van der Waals surface area contributed by atoms with Crippen molar-refractivity contribution < 1.29 is 4.52 Å². The second-order valence-corrected chi connectivity index (χ2v) is 6.21. The average molecular weight is 352 g/mol. The highest BCUT2D eigenvalue weighted by molar-refractivity contribution is 9.10. The van der Waals surface area contributed by atoms with Crippen molar-refractivity contribution in [2.24, 2.45) is 0 Å². The second kappa shape index (κ2) is 7.18. The molecule has 1 heterocycles. The molecule has 0 aliphatic rings. The number of aromatic nitrogens is 2. The van der Waals surface area contributed by atoms with E-state index in [0.29, 0.717) is 17.8 Å². The van der Waals surface area contributed by atoms with Crippen LogP contribution in [0.3, 0.4) is 0 Å². The number of rotatable bonds is 6. The van der Waals surface area contributed by atoms with Crippen LogP contribution in [0.2, 0.25) is 0 Å². The lowest BCUT2D eigenvalue weighted by atomic mass is 10.1. The first-order valence-corrected chi connectivity index (χ1v) is 8.11. The molecule has 0 bridgehead atoms. The number of likely N-dealkylation sites (N-methyl/N-ethyl adjacent to an activating group) is 1. The zero-order valence-corrected chi connectivity index (χ0v) is 14.6. The van der Waals surface area contributed by atoms with Crippen LogP contribution in [0.25, 0.3) is 11.4 Å². The van der Waals surface area contributed by atoms with Gasteiger partial charge in [-0.25, -0.2) is 0 Å². The van der Waals surface area contributed by atoms with E-state index in [1.165, 1.54) is 11.1 Å². The molecule has 0 saturated heterocycles. The van der Waals surface area contributed by atoms with Crippen LogP contribution < -0.4 is 5.32 Å². The highest BCUT2D eigenvalue weighted by Crippen LogP contribution is 2.27. The topological polar surface area (TPSA) is 51.0 Å². The minimum Gasteiger partial charge on any atom is -0.339 e. The molecule has 0 aliphatic carbocycles. The van der Waals surface area contributed by atoms with Gasteiger partial charge in [-0.05, 0) is 50.6 Å². The van der Waals surface area contributed by atoms with Gasteiger partial charge >= 0.3 is 0 Å². The third kappa shape index (κ3) is 3.92. The molecule has 1 unspecified atom stereocenters. The van der Waals surface area contributed by atoms with Crippen molar-refractivity contribution in [2.75, 3.05) is 7.05 Å². The molecule has 1 atom stereocenters. The van der Waals surface area contributed by atoms with E-state index in [1.54, 1.807) is 0 Å². The van der Waals surface area contributed by atoms with Crippen LogP contribution in [0, 0.1) is 13.8 Å². The van der Waals surface area contributed by atoms with Gasteiger partial charge in [-0.15, -0.1) is 0 Å². The van der Waals surface area contributed by atoms with Gasteiger partial charge in [0.1, 0.15) is 0 Å². The van der Waals surface area contributed by atoms with E-state index in [4.69, 9.17) is 4.52 Å². The first kappa shape index (κ1) is 16.2. The lowest BCUT2D eigenvalue weighted by molar-refractivity contribution is 0.356. The van der Waals surface area contributed by atoms with E-state index >= 15 is 0 Å². The Bertz CT molecular complexity index is 586. The van der Waals surface area contributed by atoms with Gasteiger partial charge in [-0.3, -0.25) is 0 Å². The number of benzene rings is 1. The van der Waals surface area contributed by atoms with E-state index in [-0.39, 0.29) is 0 Å². The van der Waals surface area contributed by atoms with E-state index in [2.05, 4.69) is 64.3 Å². The van der Waals surface area contributed by atoms with E-state index in [1.807, 2.05) is 7.05 Å². The van der Waals surface area contributed by atoms with Gasteiger partial charge in [0.15, 0.2) is 0 Å². The Labute approximate surface area is 134 Å². The number of nitrogens with one attached hydrogen (secondary N) is 1. The Kier molecular flexibility index (Phi) is 5.53. The molecule has 1 aromatic carbocycles. The van der Waals surface area contributed by atoms with Crippen molar-refractivity contribution in [3.8, 4) is 11.4 Å². The Hall–Kier alpha value is -1.20. The molecule has 2 rings (SSSR count).